The second-order valence-electron chi connectivity index (χ2n) is 0.192. The van der Waals surface area contributed by atoms with Gasteiger partial charge in [0.1, 0.15) is 0 Å². The predicted octanol–water partition coefficient (Wildman–Crippen LogP) is -5.62. The molecule has 0 amide bonds. The predicted molar refractivity (Wildman–Crippen MR) is 20.7 cm³/mol. The summed E-state index contributed by atoms with van der Waals surface area (Å²) in [6, 6.07) is 0. The summed E-state index contributed by atoms with van der Waals surface area (Å²) in [7, 11) is 0. The molecule has 0 rings (SSSR count). The molecule has 0 aliphatic rings. The van der Waals surface area contributed by atoms with Gasteiger partial charge < -0.3 is 0 Å². The molecule has 0 aliphatic heterocycles. The summed E-state index contributed by atoms with van der Waals surface area (Å²) in [5.74, 6) is 0. The molecule has 40 valence electrons. The molecular weight excluding hydrogens is 153 g/mol. The van der Waals surface area contributed by atoms with Crippen molar-refractivity contribution < 1.29 is 46.9 Å². The second-order valence-corrected chi connectivity index (χ2v) is 0.577. The van der Waals surface area contributed by atoms with Gasteiger partial charge in [-0.2, -0.15) is 0 Å². The minimum atomic E-state index is -1.75. The van der Waals surface area contributed by atoms with E-state index in [-0.39, 0.29) is 38.4 Å². The fourth-order valence-corrected chi connectivity index (χ4v) is 0. The topological polar surface area (TPSA) is 80.3 Å². The summed E-state index contributed by atoms with van der Waals surface area (Å²) in [6.45, 7) is 0. The standard InChI is InChI=1S/CH4.2Al.Na.4O/h1H4;;;;;;;/q;;;+1;;;2*-1/p+1. The molecule has 0 heterocycles. The van der Waals surface area contributed by atoms with Gasteiger partial charge in [0.05, 0.1) is 0 Å². The quantitative estimate of drug-likeness (QED) is 0.329. The Morgan fingerprint density at radius 1 is 1.12 bits per heavy atom. The summed E-state index contributed by atoms with van der Waals surface area (Å²) < 4.78 is 33.8. The molecule has 0 saturated heterocycles. The van der Waals surface area contributed by atoms with Gasteiger partial charge in [0.25, 0.3) is 0 Å². The van der Waals surface area contributed by atoms with E-state index in [1.807, 2.05) is 0 Å². The minimum absolute atomic E-state index is 0. The molecule has 4 nitrogen and oxygen atoms in total. The van der Waals surface area contributed by atoms with Crippen LogP contribution in [0.1, 0.15) is 8.85 Å². The van der Waals surface area contributed by atoms with Crippen LogP contribution in [0.5, 0.6) is 0 Å². The summed E-state index contributed by atoms with van der Waals surface area (Å²) in [5, 5.41) is 0. The first-order valence-electron chi connectivity index (χ1n) is 0.943. The van der Waals surface area contributed by atoms with Crippen LogP contribution < -0.4 is 37.9 Å². The van der Waals surface area contributed by atoms with Crippen molar-refractivity contribution in [2.75, 3.05) is 0 Å². The van der Waals surface area contributed by atoms with Gasteiger partial charge in [-0.15, -0.1) is 0 Å². The van der Waals surface area contributed by atoms with Crippen molar-refractivity contribution in [3.8, 4) is 0 Å². The van der Waals surface area contributed by atoms with Crippen LogP contribution in [-0.2, 0) is 7.61 Å². The zero-order valence-electron chi connectivity index (χ0n) is 4.79. The Kier molecular flexibility index (Phi) is 117. The van der Waals surface area contributed by atoms with Gasteiger partial charge in [-0.05, 0) is 0 Å². The van der Waals surface area contributed by atoms with Crippen molar-refractivity contribution in [1.29, 1.82) is 0 Å². The van der Waals surface area contributed by atoms with Crippen molar-refractivity contribution in [1.82, 2.24) is 0 Å². The van der Waals surface area contributed by atoms with Crippen molar-refractivity contribution >= 4 is 31.0 Å². The number of rotatable bonds is 0. The summed E-state index contributed by atoms with van der Waals surface area (Å²) in [6.07, 6.45) is 0. The van der Waals surface area contributed by atoms with Crippen LogP contribution in [0.4, 0.5) is 0 Å². The van der Waals surface area contributed by atoms with Gasteiger partial charge in [0.15, 0.2) is 0 Å². The van der Waals surface area contributed by atoms with Crippen LogP contribution in [0.2, 0.25) is 0 Å². The maximum absolute atomic E-state index is 8.46. The Labute approximate surface area is 84.6 Å². The Bertz CT molecular complexity index is 39.5. The molecule has 0 aliphatic carbocycles. The van der Waals surface area contributed by atoms with E-state index in [4.69, 9.17) is 15.9 Å². The molecule has 0 spiro atoms. The van der Waals surface area contributed by atoms with Gasteiger partial charge in [-0.1, -0.05) is 7.43 Å². The van der Waals surface area contributed by atoms with E-state index in [1.54, 1.807) is 0 Å². The van der Waals surface area contributed by atoms with E-state index in [2.05, 4.69) is 0 Å². The second kappa shape index (κ2) is 40.9. The van der Waals surface area contributed by atoms with Gasteiger partial charge in [0, 0.05) is 0 Å². The first-order chi connectivity index (χ1) is 2.83. The first kappa shape index (κ1) is 22.8. The fourth-order valence-electron chi connectivity index (χ4n) is 0. The van der Waals surface area contributed by atoms with E-state index in [9.17, 15) is 0 Å². The van der Waals surface area contributed by atoms with Crippen molar-refractivity contribution in [3.05, 3.63) is 0 Å². The van der Waals surface area contributed by atoms with Crippen LogP contribution in [-0.4, -0.2) is 31.0 Å². The van der Waals surface area contributed by atoms with E-state index in [1.165, 1.54) is 0 Å². The first-order valence-corrected chi connectivity index (χ1v) is 2.83. The number of hydrogen-bond donors (Lipinski definition) is 0. The van der Waals surface area contributed by atoms with E-state index < -0.39 is 31.0 Å². The normalized spacial score (nSPS) is 2.00. The monoisotopic (exact) mass is 158 g/mol. The fraction of sp³-hybridized carbons (Fsp3) is 1.00. The molecule has 7 heteroatoms. The molecule has 0 fully saturated rings. The molecule has 0 aromatic carbocycles. The molecular formula is CH5Al2NaO4. The van der Waals surface area contributed by atoms with Gasteiger partial charge in [-0.25, -0.2) is 0 Å². The van der Waals surface area contributed by atoms with E-state index in [0.29, 0.717) is 0 Å². The van der Waals surface area contributed by atoms with Crippen LogP contribution in [0.25, 0.3) is 0 Å². The molecule has 0 bridgehead atoms. The molecule has 0 aromatic rings. The average molecular weight is 158 g/mol. The summed E-state index contributed by atoms with van der Waals surface area (Å²) in [5.41, 5.74) is 0. The van der Waals surface area contributed by atoms with E-state index in [0.717, 1.165) is 0 Å². The average Bonchev–Trinajstić information content (AvgIpc) is 1.39. The Morgan fingerprint density at radius 3 is 1.12 bits per heavy atom. The van der Waals surface area contributed by atoms with Crippen LogP contribution in [0.3, 0.4) is 0 Å². The van der Waals surface area contributed by atoms with Crippen LogP contribution in [0.15, 0.2) is 0 Å². The van der Waals surface area contributed by atoms with Crippen molar-refractivity contribution in [2.45, 2.75) is 7.43 Å². The third kappa shape index (κ3) is 178. The third-order valence-corrected chi connectivity index (χ3v) is 0. The Hall–Kier alpha value is 1.26. The molecule has 0 radical (unpaired) electrons. The molecule has 0 N–H and O–H groups in total. The zero-order valence-corrected chi connectivity index (χ0v) is 8.10. The van der Waals surface area contributed by atoms with Crippen LogP contribution in [0, 0.1) is 0 Å². The molecule has 0 atom stereocenters. The van der Waals surface area contributed by atoms with Crippen LogP contribution >= 0.6 is 0 Å². The van der Waals surface area contributed by atoms with Gasteiger partial charge in [0.2, 0.25) is 0 Å². The van der Waals surface area contributed by atoms with Gasteiger partial charge in [-0.3, -0.25) is 0 Å². The molecule has 0 unspecified atom stereocenters. The summed E-state index contributed by atoms with van der Waals surface area (Å²) >= 11 is -3.50. The van der Waals surface area contributed by atoms with Crippen molar-refractivity contribution in [2.24, 2.45) is 0 Å². The third-order valence-electron chi connectivity index (χ3n) is 0. The zero-order chi connectivity index (χ0) is 5.41. The molecule has 0 aromatic heterocycles. The summed E-state index contributed by atoms with van der Waals surface area (Å²) in [4.78, 5) is 0. The van der Waals surface area contributed by atoms with Gasteiger partial charge >= 0.3 is 77.9 Å². The SMILES string of the molecule is C.[H+].[Na+].[O]=[Al][O-].[O]=[Al][O-]. The molecule has 8 heavy (non-hydrogen) atoms. The Morgan fingerprint density at radius 2 is 1.12 bits per heavy atom. The van der Waals surface area contributed by atoms with E-state index >= 15 is 0 Å². The maximum atomic E-state index is 8.46. The molecule has 0 saturated carbocycles. The van der Waals surface area contributed by atoms with Crippen molar-refractivity contribution in [3.63, 3.8) is 0 Å². The Balaban J connectivity index is -0.00000000889. The number of hydrogen-bond acceptors (Lipinski definition) is 4.